The number of nitrogens with one attached hydrogen (secondary N) is 1. The number of benzene rings is 3. The average Bonchev–Trinajstić information content (AvgIpc) is 3.31. The second kappa shape index (κ2) is 9.43. The van der Waals surface area contributed by atoms with E-state index in [9.17, 15) is 4.79 Å². The quantitative estimate of drug-likeness (QED) is 0.429. The minimum absolute atomic E-state index is 0.213. The number of methoxy groups -OCH3 is 2. The van der Waals surface area contributed by atoms with Crippen molar-refractivity contribution >= 4 is 16.7 Å². The van der Waals surface area contributed by atoms with Crippen molar-refractivity contribution in [3.05, 3.63) is 71.9 Å². The van der Waals surface area contributed by atoms with Gasteiger partial charge >= 0.3 is 0 Å². The van der Waals surface area contributed by atoms with E-state index in [4.69, 9.17) is 18.7 Å². The fourth-order valence-electron chi connectivity index (χ4n) is 3.54. The number of carbonyl (C=O) groups is 1. The summed E-state index contributed by atoms with van der Waals surface area (Å²) in [4.78, 5) is 13.1. The summed E-state index contributed by atoms with van der Waals surface area (Å²) in [5.74, 6) is 2.10. The number of hydrogen-bond donors (Lipinski definition) is 1. The Morgan fingerprint density at radius 3 is 2.53 bits per heavy atom. The number of nitrogens with zero attached hydrogens (tertiary/aromatic N) is 1. The molecule has 3 aromatic carbocycles. The molecule has 4 aromatic rings. The van der Waals surface area contributed by atoms with Gasteiger partial charge in [-0.1, -0.05) is 35.5 Å². The smallest absolute Gasteiger partial charge is 0.256 e. The molecule has 7 heteroatoms. The molecule has 0 atom stereocenters. The van der Waals surface area contributed by atoms with Gasteiger partial charge in [0, 0.05) is 11.6 Å². The van der Waals surface area contributed by atoms with E-state index in [2.05, 4.69) is 10.5 Å². The summed E-state index contributed by atoms with van der Waals surface area (Å²) < 4.78 is 21.8. The molecule has 0 saturated carbocycles. The van der Waals surface area contributed by atoms with Crippen molar-refractivity contribution < 1.29 is 23.5 Å². The summed E-state index contributed by atoms with van der Waals surface area (Å²) >= 11 is 0. The van der Waals surface area contributed by atoms with Crippen LogP contribution in [0.1, 0.15) is 23.0 Å². The molecule has 0 aliphatic heterocycles. The lowest BCUT2D eigenvalue weighted by molar-refractivity contribution is 0.0948. The van der Waals surface area contributed by atoms with E-state index in [1.165, 1.54) is 0 Å². The zero-order valence-electron chi connectivity index (χ0n) is 18.2. The van der Waals surface area contributed by atoms with Crippen molar-refractivity contribution in [2.45, 2.75) is 13.5 Å². The molecule has 4 rings (SSSR count). The standard InChI is InChI=1S/C25H24N2O5/c1-4-31-21-12-9-16-7-5-6-8-19(16)24(21)25(28)26-15-18-14-22(32-27-18)17-10-11-20(29-2)23(13-17)30-3/h5-14H,4,15H2,1-3H3,(H,26,28). The Kier molecular flexibility index (Phi) is 6.26. The number of aromatic nitrogens is 1. The second-order valence-electron chi connectivity index (χ2n) is 7.03. The van der Waals surface area contributed by atoms with Crippen LogP contribution in [0.25, 0.3) is 22.1 Å². The van der Waals surface area contributed by atoms with E-state index < -0.39 is 0 Å². The van der Waals surface area contributed by atoms with Gasteiger partial charge in [0.1, 0.15) is 11.4 Å². The van der Waals surface area contributed by atoms with Crippen LogP contribution in [0.15, 0.2) is 65.2 Å². The number of ether oxygens (including phenoxy) is 3. The molecule has 7 nitrogen and oxygen atoms in total. The van der Waals surface area contributed by atoms with Crippen LogP contribution in [0.5, 0.6) is 17.2 Å². The molecule has 0 saturated heterocycles. The van der Waals surface area contributed by atoms with Gasteiger partial charge < -0.3 is 24.1 Å². The van der Waals surface area contributed by atoms with Crippen molar-refractivity contribution in [3.63, 3.8) is 0 Å². The molecule has 0 aliphatic rings. The van der Waals surface area contributed by atoms with E-state index in [0.717, 1.165) is 16.3 Å². The molecule has 0 fully saturated rings. The molecule has 0 radical (unpaired) electrons. The van der Waals surface area contributed by atoms with Crippen LogP contribution >= 0.6 is 0 Å². The van der Waals surface area contributed by atoms with Gasteiger partial charge in [0.2, 0.25) is 0 Å². The summed E-state index contributed by atoms with van der Waals surface area (Å²) in [6.07, 6.45) is 0. The molecule has 32 heavy (non-hydrogen) atoms. The van der Waals surface area contributed by atoms with Crippen LogP contribution in [0.3, 0.4) is 0 Å². The number of rotatable bonds is 8. The highest BCUT2D eigenvalue weighted by Gasteiger charge is 2.17. The van der Waals surface area contributed by atoms with Gasteiger partial charge in [-0.25, -0.2) is 0 Å². The first-order chi connectivity index (χ1) is 15.6. The highest BCUT2D eigenvalue weighted by molar-refractivity contribution is 6.09. The van der Waals surface area contributed by atoms with Gasteiger partial charge in [-0.2, -0.15) is 0 Å². The minimum Gasteiger partial charge on any atom is -0.493 e. The molecular weight excluding hydrogens is 408 g/mol. The predicted molar refractivity (Wildman–Crippen MR) is 121 cm³/mol. The first-order valence-electron chi connectivity index (χ1n) is 10.2. The van der Waals surface area contributed by atoms with Crippen molar-refractivity contribution in [3.8, 4) is 28.6 Å². The lowest BCUT2D eigenvalue weighted by Gasteiger charge is -2.13. The van der Waals surface area contributed by atoms with Crippen molar-refractivity contribution in [2.75, 3.05) is 20.8 Å². The van der Waals surface area contributed by atoms with Crippen LogP contribution in [-0.2, 0) is 6.54 Å². The highest BCUT2D eigenvalue weighted by atomic mass is 16.5. The first-order valence-corrected chi connectivity index (χ1v) is 10.2. The van der Waals surface area contributed by atoms with Gasteiger partial charge in [0.25, 0.3) is 5.91 Å². The first kappa shape index (κ1) is 21.2. The Morgan fingerprint density at radius 2 is 1.75 bits per heavy atom. The molecule has 1 heterocycles. The minimum atomic E-state index is -0.235. The van der Waals surface area contributed by atoms with Crippen LogP contribution in [0.4, 0.5) is 0 Å². The highest BCUT2D eigenvalue weighted by Crippen LogP contribution is 2.32. The lowest BCUT2D eigenvalue weighted by Crippen LogP contribution is -2.24. The van der Waals surface area contributed by atoms with Gasteiger partial charge in [-0.15, -0.1) is 0 Å². The zero-order valence-corrected chi connectivity index (χ0v) is 18.2. The SMILES string of the molecule is CCOc1ccc2ccccc2c1C(=O)NCc1cc(-c2ccc(OC)c(OC)c2)on1. The van der Waals surface area contributed by atoms with Crippen molar-refractivity contribution in [2.24, 2.45) is 0 Å². The Morgan fingerprint density at radius 1 is 0.969 bits per heavy atom. The molecule has 1 N–H and O–H groups in total. The summed E-state index contributed by atoms with van der Waals surface area (Å²) in [5, 5.41) is 8.82. The fourth-order valence-corrected chi connectivity index (χ4v) is 3.54. The number of carbonyl (C=O) groups excluding carboxylic acids is 1. The number of hydrogen-bond acceptors (Lipinski definition) is 6. The van der Waals surface area contributed by atoms with Crippen LogP contribution in [0, 0.1) is 0 Å². The average molecular weight is 432 g/mol. The summed E-state index contributed by atoms with van der Waals surface area (Å²) in [6.45, 7) is 2.57. The topological polar surface area (TPSA) is 82.8 Å². The number of amides is 1. The predicted octanol–water partition coefficient (Wildman–Crippen LogP) is 4.84. The summed E-state index contributed by atoms with van der Waals surface area (Å²) in [7, 11) is 3.16. The maximum absolute atomic E-state index is 13.1. The third-order valence-electron chi connectivity index (χ3n) is 5.07. The molecule has 0 aliphatic carbocycles. The zero-order chi connectivity index (χ0) is 22.5. The fraction of sp³-hybridized carbons (Fsp3) is 0.200. The monoisotopic (exact) mass is 432 g/mol. The van der Waals surface area contributed by atoms with Crippen LogP contribution in [0.2, 0.25) is 0 Å². The van der Waals surface area contributed by atoms with Crippen molar-refractivity contribution in [1.29, 1.82) is 0 Å². The number of fused-ring (bicyclic) bond motifs is 1. The van der Waals surface area contributed by atoms with Gasteiger partial charge in [0.15, 0.2) is 17.3 Å². The Labute approximate surface area is 185 Å². The molecule has 1 aromatic heterocycles. The van der Waals surface area contributed by atoms with E-state index in [0.29, 0.717) is 40.9 Å². The van der Waals surface area contributed by atoms with E-state index in [-0.39, 0.29) is 12.5 Å². The molecule has 1 amide bonds. The lowest BCUT2D eigenvalue weighted by atomic mass is 10.0. The Hall–Kier alpha value is -4.00. The molecule has 0 spiro atoms. The Bertz CT molecular complexity index is 1250. The van der Waals surface area contributed by atoms with Crippen LogP contribution in [-0.4, -0.2) is 31.9 Å². The molecule has 164 valence electrons. The third-order valence-corrected chi connectivity index (χ3v) is 5.07. The van der Waals surface area contributed by atoms with E-state index >= 15 is 0 Å². The van der Waals surface area contributed by atoms with Crippen LogP contribution < -0.4 is 19.5 Å². The normalized spacial score (nSPS) is 10.7. The van der Waals surface area contributed by atoms with Gasteiger partial charge in [-0.3, -0.25) is 4.79 Å². The third kappa shape index (κ3) is 4.23. The molecular formula is C25H24N2O5. The molecule has 0 unspecified atom stereocenters. The Balaban J connectivity index is 1.54. The van der Waals surface area contributed by atoms with Gasteiger partial charge in [0.05, 0.1) is 32.9 Å². The second-order valence-corrected chi connectivity index (χ2v) is 7.03. The molecule has 0 bridgehead atoms. The van der Waals surface area contributed by atoms with Crippen molar-refractivity contribution in [1.82, 2.24) is 10.5 Å². The van der Waals surface area contributed by atoms with Gasteiger partial charge in [-0.05, 0) is 42.0 Å². The summed E-state index contributed by atoms with van der Waals surface area (Å²) in [5.41, 5.74) is 1.90. The maximum Gasteiger partial charge on any atom is 0.256 e. The van der Waals surface area contributed by atoms with E-state index in [1.54, 1.807) is 26.4 Å². The summed E-state index contributed by atoms with van der Waals surface area (Å²) in [6, 6.07) is 18.8. The maximum atomic E-state index is 13.1. The van der Waals surface area contributed by atoms with E-state index in [1.807, 2.05) is 55.5 Å². The largest absolute Gasteiger partial charge is 0.493 e.